The zero-order chi connectivity index (χ0) is 16.5. The van der Waals surface area contributed by atoms with Crippen LogP contribution in [0.15, 0.2) is 24.3 Å². The van der Waals surface area contributed by atoms with E-state index in [4.69, 9.17) is 0 Å². The van der Waals surface area contributed by atoms with E-state index in [1.54, 1.807) is 0 Å². The minimum atomic E-state index is -0.886. The van der Waals surface area contributed by atoms with Crippen molar-refractivity contribution in [2.45, 2.75) is 12.5 Å². The lowest BCUT2D eigenvalue weighted by atomic mass is 10.1. The number of aromatic nitrogens is 2. The Morgan fingerprint density at radius 2 is 1.92 bits per heavy atom. The fraction of sp³-hybridized carbons (Fsp3) is 0.412. The van der Waals surface area contributed by atoms with Gasteiger partial charge in [0.05, 0.1) is 5.69 Å². The summed E-state index contributed by atoms with van der Waals surface area (Å²) in [6.07, 6.45) is 0.769. The maximum absolute atomic E-state index is 11.4. The lowest BCUT2D eigenvalue weighted by Gasteiger charge is -2.29. The Morgan fingerprint density at radius 1 is 1.17 bits per heavy atom. The predicted molar refractivity (Wildman–Crippen MR) is 91.2 cm³/mol. The number of fused-ring (bicyclic) bond motifs is 1. The van der Waals surface area contributed by atoms with Crippen molar-refractivity contribution in [1.82, 2.24) is 20.6 Å². The van der Waals surface area contributed by atoms with Gasteiger partial charge in [0.1, 0.15) is 5.82 Å². The number of rotatable bonds is 3. The summed E-state index contributed by atoms with van der Waals surface area (Å²) in [5, 5.41) is 15.7. The quantitative estimate of drug-likeness (QED) is 0.665. The number of H-pyrrole nitrogens is 1. The number of nitrogens with one attached hydrogen (secondary N) is 3. The van der Waals surface area contributed by atoms with Crippen LogP contribution in [0.25, 0.3) is 11.4 Å². The molecule has 1 aromatic heterocycles. The molecule has 2 aliphatic heterocycles. The molecule has 1 saturated heterocycles. The smallest absolute Gasteiger partial charge is 0.327 e. The maximum atomic E-state index is 11.4. The van der Waals surface area contributed by atoms with Gasteiger partial charge in [-0.25, -0.2) is 4.98 Å². The predicted octanol–water partition coefficient (Wildman–Crippen LogP) is 0.758. The van der Waals surface area contributed by atoms with Crippen molar-refractivity contribution in [3.8, 4) is 11.4 Å². The largest absolute Gasteiger partial charge is 0.480 e. The van der Waals surface area contributed by atoms with Crippen LogP contribution in [0.1, 0.15) is 17.4 Å². The normalized spacial score (nSPS) is 20.7. The molecule has 0 spiro atoms. The Labute approximate surface area is 140 Å². The molecule has 7 heteroatoms. The number of carbonyl (C=O) groups is 1. The van der Waals surface area contributed by atoms with Crippen LogP contribution in [0.5, 0.6) is 0 Å². The van der Waals surface area contributed by atoms with Crippen LogP contribution in [0.3, 0.4) is 0 Å². The van der Waals surface area contributed by atoms with Gasteiger partial charge in [0, 0.05) is 56.1 Å². The zero-order valence-electron chi connectivity index (χ0n) is 13.4. The third-order valence-electron chi connectivity index (χ3n) is 4.68. The Bertz CT molecular complexity index is 734. The Morgan fingerprint density at radius 3 is 2.62 bits per heavy atom. The van der Waals surface area contributed by atoms with E-state index < -0.39 is 12.0 Å². The second-order valence-electron chi connectivity index (χ2n) is 6.21. The average molecular weight is 327 g/mol. The maximum Gasteiger partial charge on any atom is 0.327 e. The summed E-state index contributed by atoms with van der Waals surface area (Å²) in [6, 6.07) is 7.58. The van der Waals surface area contributed by atoms with Gasteiger partial charge < -0.3 is 20.3 Å². The monoisotopic (exact) mass is 327 g/mol. The van der Waals surface area contributed by atoms with Crippen LogP contribution in [0.2, 0.25) is 0 Å². The van der Waals surface area contributed by atoms with Gasteiger partial charge in [0.15, 0.2) is 6.04 Å². The number of benzene rings is 1. The van der Waals surface area contributed by atoms with Gasteiger partial charge in [-0.1, -0.05) is 0 Å². The van der Waals surface area contributed by atoms with E-state index >= 15 is 0 Å². The second-order valence-corrected chi connectivity index (χ2v) is 6.21. The molecule has 126 valence electrons. The highest BCUT2D eigenvalue weighted by atomic mass is 16.4. The Balaban J connectivity index is 1.59. The third kappa shape index (κ3) is 2.76. The molecule has 1 atom stereocenters. The van der Waals surface area contributed by atoms with Crippen LogP contribution in [0, 0.1) is 0 Å². The van der Waals surface area contributed by atoms with Crippen molar-refractivity contribution in [3.05, 3.63) is 35.7 Å². The number of piperazine rings is 1. The van der Waals surface area contributed by atoms with Crippen molar-refractivity contribution < 1.29 is 9.90 Å². The van der Waals surface area contributed by atoms with Crippen molar-refractivity contribution in [2.24, 2.45) is 0 Å². The number of imidazole rings is 1. The highest BCUT2D eigenvalue weighted by Crippen LogP contribution is 2.27. The lowest BCUT2D eigenvalue weighted by molar-refractivity contribution is -0.139. The minimum Gasteiger partial charge on any atom is -0.480 e. The molecule has 4 rings (SSSR count). The first-order valence-corrected chi connectivity index (χ1v) is 8.33. The van der Waals surface area contributed by atoms with E-state index in [1.807, 2.05) is 12.1 Å². The molecule has 0 amide bonds. The number of nitrogens with zero attached hydrogens (tertiary/aromatic N) is 2. The molecule has 0 bridgehead atoms. The topological polar surface area (TPSA) is 93.3 Å². The number of carboxylic acids is 1. The number of anilines is 1. The van der Waals surface area contributed by atoms with Crippen LogP contribution >= 0.6 is 0 Å². The SMILES string of the molecule is O=C(O)[C@H]1NCCc2[nH]c(-c3ccc(N4CCNCC4)cc3)nc21. The molecular formula is C17H21N5O2. The highest BCUT2D eigenvalue weighted by Gasteiger charge is 2.29. The van der Waals surface area contributed by atoms with E-state index in [0.29, 0.717) is 12.2 Å². The highest BCUT2D eigenvalue weighted by molar-refractivity contribution is 5.76. The van der Waals surface area contributed by atoms with Gasteiger partial charge in [0.2, 0.25) is 0 Å². The number of aromatic amines is 1. The number of hydrogen-bond donors (Lipinski definition) is 4. The molecule has 1 aromatic carbocycles. The Kier molecular flexibility index (Phi) is 3.95. The molecule has 0 saturated carbocycles. The molecule has 0 aliphatic carbocycles. The summed E-state index contributed by atoms with van der Waals surface area (Å²) in [5.41, 5.74) is 3.71. The van der Waals surface area contributed by atoms with Gasteiger partial charge in [-0.05, 0) is 24.3 Å². The van der Waals surface area contributed by atoms with Gasteiger partial charge in [-0.15, -0.1) is 0 Å². The molecular weight excluding hydrogens is 306 g/mol. The van der Waals surface area contributed by atoms with E-state index in [0.717, 1.165) is 49.7 Å². The Hall–Kier alpha value is -2.38. The first-order valence-electron chi connectivity index (χ1n) is 8.33. The molecule has 2 aliphatic rings. The zero-order valence-corrected chi connectivity index (χ0v) is 13.4. The summed E-state index contributed by atoms with van der Waals surface area (Å²) in [4.78, 5) is 21.6. The molecule has 3 heterocycles. The van der Waals surface area contributed by atoms with Gasteiger partial charge in [-0.2, -0.15) is 0 Å². The van der Waals surface area contributed by atoms with E-state index in [9.17, 15) is 9.90 Å². The molecule has 2 aromatic rings. The van der Waals surface area contributed by atoms with Crippen LogP contribution in [0.4, 0.5) is 5.69 Å². The standard InChI is InChI=1S/C17H21N5O2/c23-17(24)15-14-13(5-6-19-15)20-16(21-14)11-1-3-12(4-2-11)22-9-7-18-8-10-22/h1-4,15,18-19H,5-10H2,(H,20,21)(H,23,24)/t15-/m0/s1. The van der Waals surface area contributed by atoms with Crippen molar-refractivity contribution >= 4 is 11.7 Å². The molecule has 4 N–H and O–H groups in total. The summed E-state index contributed by atoms with van der Waals surface area (Å²) in [7, 11) is 0. The minimum absolute atomic E-state index is 0.606. The molecule has 7 nitrogen and oxygen atoms in total. The molecule has 0 unspecified atom stereocenters. The molecule has 1 fully saturated rings. The number of aliphatic carboxylic acids is 1. The fourth-order valence-electron chi connectivity index (χ4n) is 3.38. The third-order valence-corrected chi connectivity index (χ3v) is 4.68. The van der Waals surface area contributed by atoms with Crippen LogP contribution in [-0.4, -0.2) is 53.8 Å². The van der Waals surface area contributed by atoms with Gasteiger partial charge in [0.25, 0.3) is 0 Å². The van der Waals surface area contributed by atoms with Gasteiger partial charge in [-0.3, -0.25) is 10.1 Å². The molecule has 24 heavy (non-hydrogen) atoms. The summed E-state index contributed by atoms with van der Waals surface area (Å²) in [6.45, 7) is 4.70. The van der Waals surface area contributed by atoms with E-state index in [1.165, 1.54) is 5.69 Å². The fourth-order valence-corrected chi connectivity index (χ4v) is 3.38. The molecule has 0 radical (unpaired) electrons. The average Bonchev–Trinajstić information content (AvgIpc) is 3.06. The van der Waals surface area contributed by atoms with Crippen molar-refractivity contribution in [3.63, 3.8) is 0 Å². The lowest BCUT2D eigenvalue weighted by Crippen LogP contribution is -2.43. The first kappa shape index (κ1) is 15.2. The van der Waals surface area contributed by atoms with E-state index in [-0.39, 0.29) is 0 Å². The van der Waals surface area contributed by atoms with Gasteiger partial charge >= 0.3 is 5.97 Å². The summed E-state index contributed by atoms with van der Waals surface area (Å²) in [5.74, 6) is -0.148. The summed E-state index contributed by atoms with van der Waals surface area (Å²) >= 11 is 0. The van der Waals surface area contributed by atoms with Crippen LogP contribution < -0.4 is 15.5 Å². The first-order chi connectivity index (χ1) is 11.7. The summed E-state index contributed by atoms with van der Waals surface area (Å²) < 4.78 is 0. The second kappa shape index (κ2) is 6.26. The number of carboxylic acid groups (broad SMARTS) is 1. The van der Waals surface area contributed by atoms with E-state index in [2.05, 4.69) is 37.6 Å². The number of hydrogen-bond acceptors (Lipinski definition) is 5. The van der Waals surface area contributed by atoms with Crippen LogP contribution in [-0.2, 0) is 11.2 Å². The van der Waals surface area contributed by atoms with Crippen molar-refractivity contribution in [2.75, 3.05) is 37.6 Å². The van der Waals surface area contributed by atoms with Crippen molar-refractivity contribution in [1.29, 1.82) is 0 Å².